The van der Waals surface area contributed by atoms with E-state index in [0.29, 0.717) is 10.0 Å². The predicted octanol–water partition coefficient (Wildman–Crippen LogP) is 3.09. The zero-order valence-corrected chi connectivity index (χ0v) is 9.55. The minimum Gasteiger partial charge on any atom is -0.481 e. The van der Waals surface area contributed by atoms with E-state index in [0.717, 1.165) is 12.8 Å². The summed E-state index contributed by atoms with van der Waals surface area (Å²) >= 11 is 3.18. The Morgan fingerprint density at radius 2 is 2.20 bits per heavy atom. The standard InChI is InChI=1S/C11H10BrFO2/c12-7-1-2-8(9(13)5-7)11(3-4-11)6-10(14)15/h1-2,5H,3-4,6H2,(H,14,15). The molecule has 0 radical (unpaired) electrons. The molecule has 1 aromatic carbocycles. The van der Waals surface area contributed by atoms with Gasteiger partial charge in [0.2, 0.25) is 0 Å². The molecule has 2 nitrogen and oxygen atoms in total. The number of carboxylic acids is 1. The Morgan fingerprint density at radius 3 is 2.67 bits per heavy atom. The Hall–Kier alpha value is -0.900. The molecule has 80 valence electrons. The predicted molar refractivity (Wildman–Crippen MR) is 57.3 cm³/mol. The molecule has 1 saturated carbocycles. The molecular weight excluding hydrogens is 263 g/mol. The first kappa shape index (κ1) is 10.6. The van der Waals surface area contributed by atoms with Gasteiger partial charge in [-0.1, -0.05) is 22.0 Å². The lowest BCUT2D eigenvalue weighted by atomic mass is 9.92. The fraction of sp³-hybridized carbons (Fsp3) is 0.364. The zero-order chi connectivity index (χ0) is 11.1. The van der Waals surface area contributed by atoms with Crippen LogP contribution in [-0.4, -0.2) is 11.1 Å². The first-order valence-electron chi connectivity index (χ1n) is 4.71. The highest BCUT2D eigenvalue weighted by molar-refractivity contribution is 9.10. The molecule has 15 heavy (non-hydrogen) atoms. The lowest BCUT2D eigenvalue weighted by Gasteiger charge is -2.13. The summed E-state index contributed by atoms with van der Waals surface area (Å²) in [6.07, 6.45) is 1.54. The van der Waals surface area contributed by atoms with E-state index in [4.69, 9.17) is 5.11 Å². The molecule has 0 unspecified atom stereocenters. The van der Waals surface area contributed by atoms with Crippen LogP contribution < -0.4 is 0 Å². The first-order chi connectivity index (χ1) is 7.03. The second kappa shape index (κ2) is 3.59. The molecule has 0 spiro atoms. The van der Waals surface area contributed by atoms with Gasteiger partial charge in [0.25, 0.3) is 0 Å². The van der Waals surface area contributed by atoms with Crippen molar-refractivity contribution in [3.63, 3.8) is 0 Å². The van der Waals surface area contributed by atoms with E-state index in [2.05, 4.69) is 15.9 Å². The van der Waals surface area contributed by atoms with E-state index in [1.54, 1.807) is 12.1 Å². The summed E-state index contributed by atoms with van der Waals surface area (Å²) in [6.45, 7) is 0. The number of halogens is 2. The smallest absolute Gasteiger partial charge is 0.304 e. The molecule has 1 N–H and O–H groups in total. The lowest BCUT2D eigenvalue weighted by molar-refractivity contribution is -0.137. The fourth-order valence-corrected chi connectivity index (χ4v) is 2.23. The second-order valence-electron chi connectivity index (χ2n) is 3.98. The van der Waals surface area contributed by atoms with Crippen LogP contribution in [0, 0.1) is 5.82 Å². The second-order valence-corrected chi connectivity index (χ2v) is 4.89. The molecule has 0 amide bonds. The van der Waals surface area contributed by atoms with Gasteiger partial charge in [0.05, 0.1) is 6.42 Å². The normalized spacial score (nSPS) is 17.5. The number of hydrogen-bond acceptors (Lipinski definition) is 1. The number of carbonyl (C=O) groups is 1. The van der Waals surface area contributed by atoms with E-state index in [1.165, 1.54) is 6.07 Å². The molecular formula is C11H10BrFO2. The van der Waals surface area contributed by atoms with Gasteiger partial charge in [-0.15, -0.1) is 0 Å². The van der Waals surface area contributed by atoms with Crippen LogP contribution in [0.5, 0.6) is 0 Å². The van der Waals surface area contributed by atoms with Gasteiger partial charge in [-0.2, -0.15) is 0 Å². The van der Waals surface area contributed by atoms with Gasteiger partial charge in [0.15, 0.2) is 0 Å². The van der Waals surface area contributed by atoms with Crippen molar-refractivity contribution in [1.29, 1.82) is 0 Å². The number of hydrogen-bond donors (Lipinski definition) is 1. The van der Waals surface area contributed by atoms with Gasteiger partial charge in [-0.3, -0.25) is 4.79 Å². The van der Waals surface area contributed by atoms with E-state index < -0.39 is 11.4 Å². The third kappa shape index (κ3) is 2.04. The third-order valence-corrected chi connectivity index (χ3v) is 3.34. The molecule has 0 aliphatic heterocycles. The van der Waals surface area contributed by atoms with Crippen LogP contribution in [0.15, 0.2) is 22.7 Å². The lowest BCUT2D eigenvalue weighted by Crippen LogP contribution is -2.14. The number of carboxylic acid groups (broad SMARTS) is 1. The first-order valence-corrected chi connectivity index (χ1v) is 5.50. The number of benzene rings is 1. The molecule has 1 aliphatic carbocycles. The molecule has 1 fully saturated rings. The Bertz CT molecular complexity index is 413. The van der Waals surface area contributed by atoms with Crippen LogP contribution in [0.4, 0.5) is 4.39 Å². The topological polar surface area (TPSA) is 37.3 Å². The van der Waals surface area contributed by atoms with E-state index in [1.807, 2.05) is 0 Å². The summed E-state index contributed by atoms with van der Waals surface area (Å²) in [7, 11) is 0. The van der Waals surface area contributed by atoms with Gasteiger partial charge in [0, 0.05) is 9.89 Å². The summed E-state index contributed by atoms with van der Waals surface area (Å²) in [6, 6.07) is 4.81. The zero-order valence-electron chi connectivity index (χ0n) is 7.96. The van der Waals surface area contributed by atoms with Crippen LogP contribution in [0.2, 0.25) is 0 Å². The van der Waals surface area contributed by atoms with Gasteiger partial charge in [0.1, 0.15) is 5.82 Å². The van der Waals surface area contributed by atoms with Crippen molar-refractivity contribution in [2.75, 3.05) is 0 Å². The summed E-state index contributed by atoms with van der Waals surface area (Å²) in [5, 5.41) is 8.76. The summed E-state index contributed by atoms with van der Waals surface area (Å²) in [4.78, 5) is 10.7. The van der Waals surface area contributed by atoms with E-state index in [9.17, 15) is 9.18 Å². The molecule has 1 aromatic rings. The monoisotopic (exact) mass is 272 g/mol. The third-order valence-electron chi connectivity index (χ3n) is 2.85. The van der Waals surface area contributed by atoms with Gasteiger partial charge in [-0.25, -0.2) is 4.39 Å². The minimum absolute atomic E-state index is 0.0194. The highest BCUT2D eigenvalue weighted by Gasteiger charge is 2.47. The van der Waals surface area contributed by atoms with Gasteiger partial charge in [-0.05, 0) is 30.5 Å². The molecule has 1 aliphatic rings. The molecule has 0 atom stereocenters. The quantitative estimate of drug-likeness (QED) is 0.918. The van der Waals surface area contributed by atoms with Crippen LogP contribution in [0.3, 0.4) is 0 Å². The SMILES string of the molecule is O=C(O)CC1(c2ccc(Br)cc2F)CC1. The van der Waals surface area contributed by atoms with Crippen LogP contribution in [-0.2, 0) is 10.2 Å². The van der Waals surface area contributed by atoms with Crippen molar-refractivity contribution >= 4 is 21.9 Å². The molecule has 0 bridgehead atoms. The molecule has 2 rings (SSSR count). The highest BCUT2D eigenvalue weighted by atomic mass is 79.9. The van der Waals surface area contributed by atoms with Crippen molar-refractivity contribution in [3.05, 3.63) is 34.1 Å². The van der Waals surface area contributed by atoms with Crippen molar-refractivity contribution in [1.82, 2.24) is 0 Å². The summed E-state index contributed by atoms with van der Waals surface area (Å²) in [5.41, 5.74) is 0.0875. The molecule has 4 heteroatoms. The van der Waals surface area contributed by atoms with Crippen molar-refractivity contribution in [3.8, 4) is 0 Å². The Balaban J connectivity index is 2.33. The van der Waals surface area contributed by atoms with Gasteiger partial charge < -0.3 is 5.11 Å². The number of aliphatic carboxylic acids is 1. The molecule has 0 aromatic heterocycles. The van der Waals surface area contributed by atoms with Gasteiger partial charge >= 0.3 is 5.97 Å². The summed E-state index contributed by atoms with van der Waals surface area (Å²) in [5.74, 6) is -1.18. The van der Waals surface area contributed by atoms with Crippen LogP contribution >= 0.6 is 15.9 Å². The Labute approximate surface area is 95.2 Å². The van der Waals surface area contributed by atoms with E-state index in [-0.39, 0.29) is 12.2 Å². The fourth-order valence-electron chi connectivity index (χ4n) is 1.90. The average molecular weight is 273 g/mol. The maximum absolute atomic E-state index is 13.6. The van der Waals surface area contributed by atoms with Crippen molar-refractivity contribution in [2.45, 2.75) is 24.7 Å². The van der Waals surface area contributed by atoms with E-state index >= 15 is 0 Å². The van der Waals surface area contributed by atoms with Crippen molar-refractivity contribution in [2.24, 2.45) is 0 Å². The Kier molecular flexibility index (Phi) is 2.54. The van der Waals surface area contributed by atoms with Crippen LogP contribution in [0.1, 0.15) is 24.8 Å². The average Bonchev–Trinajstić information content (AvgIpc) is 2.83. The summed E-state index contributed by atoms with van der Waals surface area (Å²) < 4.78 is 14.3. The number of rotatable bonds is 3. The maximum atomic E-state index is 13.6. The minimum atomic E-state index is -0.866. The van der Waals surface area contributed by atoms with Crippen LogP contribution in [0.25, 0.3) is 0 Å². The van der Waals surface area contributed by atoms with Crippen molar-refractivity contribution < 1.29 is 14.3 Å². The molecule has 0 heterocycles. The molecule has 0 saturated heterocycles. The highest BCUT2D eigenvalue weighted by Crippen LogP contribution is 2.51. The maximum Gasteiger partial charge on any atom is 0.304 e. The largest absolute Gasteiger partial charge is 0.481 e. The Morgan fingerprint density at radius 1 is 1.53 bits per heavy atom.